The van der Waals surface area contributed by atoms with Crippen molar-refractivity contribution in [3.05, 3.63) is 24.3 Å². The Kier molecular flexibility index (Phi) is 7.08. The molecule has 0 radical (unpaired) electrons. The van der Waals surface area contributed by atoms with Crippen molar-refractivity contribution in [2.75, 3.05) is 25.5 Å². The third-order valence-electron chi connectivity index (χ3n) is 2.76. The van der Waals surface area contributed by atoms with Gasteiger partial charge in [-0.1, -0.05) is 13.3 Å². The summed E-state index contributed by atoms with van der Waals surface area (Å²) in [4.78, 5) is 24.7. The van der Waals surface area contributed by atoms with E-state index < -0.39 is 6.16 Å². The topological polar surface area (TPSA) is 67.9 Å². The van der Waals surface area contributed by atoms with Crippen LogP contribution in [0.3, 0.4) is 0 Å². The summed E-state index contributed by atoms with van der Waals surface area (Å²) >= 11 is 0. The van der Waals surface area contributed by atoms with Crippen molar-refractivity contribution in [1.29, 1.82) is 0 Å². The molecule has 1 N–H and O–H groups in total. The molecule has 0 bridgehead atoms. The normalized spacial score (nSPS) is 9.86. The van der Waals surface area contributed by atoms with Crippen molar-refractivity contribution in [3.63, 3.8) is 0 Å². The van der Waals surface area contributed by atoms with E-state index in [0.29, 0.717) is 18.0 Å². The number of ether oxygens (including phenoxy) is 2. The second-order valence-corrected chi connectivity index (χ2v) is 4.51. The van der Waals surface area contributed by atoms with Gasteiger partial charge in [-0.15, -0.1) is 0 Å². The van der Waals surface area contributed by atoms with Crippen LogP contribution in [0.2, 0.25) is 0 Å². The van der Waals surface area contributed by atoms with Gasteiger partial charge in [0.25, 0.3) is 0 Å². The lowest BCUT2D eigenvalue weighted by molar-refractivity contribution is 0.104. The summed E-state index contributed by atoms with van der Waals surface area (Å²) in [6, 6.07) is 6.36. The van der Waals surface area contributed by atoms with Crippen molar-refractivity contribution in [1.82, 2.24) is 4.90 Å². The summed E-state index contributed by atoms with van der Waals surface area (Å²) in [7, 11) is 1.75. The van der Waals surface area contributed by atoms with Gasteiger partial charge < -0.3 is 19.7 Å². The van der Waals surface area contributed by atoms with Crippen LogP contribution < -0.4 is 10.1 Å². The molecule has 0 aliphatic heterocycles. The second kappa shape index (κ2) is 8.84. The molecule has 0 atom stereocenters. The molecular formula is C15H22N2O4. The molecule has 0 aromatic heterocycles. The predicted octanol–water partition coefficient (Wildman–Crippen LogP) is 3.49. The molecule has 21 heavy (non-hydrogen) atoms. The molecule has 0 aliphatic carbocycles. The Morgan fingerprint density at radius 1 is 1.19 bits per heavy atom. The lowest BCUT2D eigenvalue weighted by Crippen LogP contribution is -2.32. The van der Waals surface area contributed by atoms with Crippen LogP contribution in [0.15, 0.2) is 24.3 Å². The summed E-state index contributed by atoms with van der Waals surface area (Å²) < 4.78 is 9.60. The number of amides is 2. The van der Waals surface area contributed by atoms with Gasteiger partial charge in [0.05, 0.1) is 6.61 Å². The van der Waals surface area contributed by atoms with Gasteiger partial charge in [0, 0.05) is 19.3 Å². The van der Waals surface area contributed by atoms with Crippen LogP contribution in [0.25, 0.3) is 0 Å². The quantitative estimate of drug-likeness (QED) is 0.644. The minimum Gasteiger partial charge on any atom is -0.434 e. The zero-order valence-corrected chi connectivity index (χ0v) is 12.7. The molecule has 0 saturated heterocycles. The van der Waals surface area contributed by atoms with Crippen LogP contribution in [0.1, 0.15) is 26.7 Å². The smallest absolute Gasteiger partial charge is 0.434 e. The van der Waals surface area contributed by atoms with Crippen molar-refractivity contribution in [3.8, 4) is 5.75 Å². The van der Waals surface area contributed by atoms with Crippen LogP contribution in [0.5, 0.6) is 5.75 Å². The Bertz CT molecular complexity index is 459. The molecular weight excluding hydrogens is 272 g/mol. The molecule has 6 nitrogen and oxygen atoms in total. The average Bonchev–Trinajstić information content (AvgIpc) is 2.47. The van der Waals surface area contributed by atoms with Crippen molar-refractivity contribution >= 4 is 17.9 Å². The third-order valence-corrected chi connectivity index (χ3v) is 2.76. The summed E-state index contributed by atoms with van der Waals surface area (Å²) in [6.07, 6.45) is 1.27. The fourth-order valence-corrected chi connectivity index (χ4v) is 1.57. The first-order valence-electron chi connectivity index (χ1n) is 7.03. The van der Waals surface area contributed by atoms with E-state index in [4.69, 9.17) is 4.74 Å². The molecule has 116 valence electrons. The van der Waals surface area contributed by atoms with Gasteiger partial charge in [0.15, 0.2) is 0 Å². The summed E-state index contributed by atoms with van der Waals surface area (Å²) in [5.74, 6) is 0.366. The molecule has 2 amide bonds. The van der Waals surface area contributed by atoms with Gasteiger partial charge in [-0.25, -0.2) is 9.59 Å². The van der Waals surface area contributed by atoms with E-state index in [2.05, 4.69) is 17.0 Å². The minimum atomic E-state index is -0.742. The zero-order chi connectivity index (χ0) is 15.7. The van der Waals surface area contributed by atoms with Crippen LogP contribution in [-0.4, -0.2) is 37.3 Å². The Labute approximate surface area is 125 Å². The zero-order valence-electron chi connectivity index (χ0n) is 12.7. The maximum absolute atomic E-state index is 11.9. The van der Waals surface area contributed by atoms with E-state index in [1.807, 2.05) is 0 Å². The number of urea groups is 1. The third kappa shape index (κ3) is 6.16. The fourth-order valence-electron chi connectivity index (χ4n) is 1.57. The molecule has 0 unspecified atom stereocenters. The lowest BCUT2D eigenvalue weighted by atomic mass is 10.3. The first kappa shape index (κ1) is 16.8. The molecule has 0 spiro atoms. The first-order chi connectivity index (χ1) is 10.1. The number of nitrogens with zero attached hydrogens (tertiary/aromatic N) is 1. The van der Waals surface area contributed by atoms with Gasteiger partial charge in [-0.05, 0) is 37.6 Å². The monoisotopic (exact) mass is 294 g/mol. The summed E-state index contributed by atoms with van der Waals surface area (Å²) in [5, 5.41) is 2.77. The molecule has 1 aromatic carbocycles. The second-order valence-electron chi connectivity index (χ2n) is 4.51. The van der Waals surface area contributed by atoms with Gasteiger partial charge in [0.2, 0.25) is 0 Å². The van der Waals surface area contributed by atoms with E-state index in [-0.39, 0.29) is 12.6 Å². The number of hydrogen-bond donors (Lipinski definition) is 1. The van der Waals surface area contributed by atoms with E-state index in [1.54, 1.807) is 43.1 Å². The Balaban J connectivity index is 2.50. The highest BCUT2D eigenvalue weighted by atomic mass is 16.7. The Hall–Kier alpha value is -2.24. The van der Waals surface area contributed by atoms with E-state index >= 15 is 0 Å². The number of unbranched alkanes of at least 4 members (excludes halogenated alkanes) is 1. The minimum absolute atomic E-state index is 0.164. The number of benzene rings is 1. The standard InChI is InChI=1S/C15H22N2O4/c1-4-6-11-17(3)14(18)16-12-7-9-13(10-8-12)21-15(19)20-5-2/h7-10H,4-6,11H2,1-3H3,(H,16,18). The van der Waals surface area contributed by atoms with E-state index in [1.165, 1.54) is 0 Å². The highest BCUT2D eigenvalue weighted by Gasteiger charge is 2.09. The number of hydrogen-bond acceptors (Lipinski definition) is 4. The molecule has 1 aromatic rings. The summed E-state index contributed by atoms with van der Waals surface area (Å²) in [6.45, 7) is 4.76. The van der Waals surface area contributed by atoms with Crippen molar-refractivity contribution in [2.45, 2.75) is 26.7 Å². The Morgan fingerprint density at radius 2 is 1.86 bits per heavy atom. The van der Waals surface area contributed by atoms with Crippen LogP contribution >= 0.6 is 0 Å². The van der Waals surface area contributed by atoms with Gasteiger partial charge in [-0.2, -0.15) is 0 Å². The van der Waals surface area contributed by atoms with Gasteiger partial charge in [-0.3, -0.25) is 0 Å². The SMILES string of the molecule is CCCCN(C)C(=O)Nc1ccc(OC(=O)OCC)cc1. The molecule has 0 fully saturated rings. The summed E-state index contributed by atoms with van der Waals surface area (Å²) in [5.41, 5.74) is 0.638. The maximum atomic E-state index is 11.9. The number of carbonyl (C=O) groups is 2. The number of nitrogens with one attached hydrogen (secondary N) is 1. The fraction of sp³-hybridized carbons (Fsp3) is 0.467. The number of rotatable bonds is 6. The van der Waals surface area contributed by atoms with Crippen LogP contribution in [0, 0.1) is 0 Å². The Morgan fingerprint density at radius 3 is 2.43 bits per heavy atom. The van der Waals surface area contributed by atoms with Gasteiger partial charge >= 0.3 is 12.2 Å². The van der Waals surface area contributed by atoms with Gasteiger partial charge in [0.1, 0.15) is 5.75 Å². The van der Waals surface area contributed by atoms with E-state index in [0.717, 1.165) is 12.8 Å². The number of carbonyl (C=O) groups excluding carboxylic acids is 2. The van der Waals surface area contributed by atoms with Crippen molar-refractivity contribution < 1.29 is 19.1 Å². The molecule has 0 aliphatic rings. The molecule has 0 saturated carbocycles. The highest BCUT2D eigenvalue weighted by Crippen LogP contribution is 2.16. The molecule has 6 heteroatoms. The predicted molar refractivity (Wildman–Crippen MR) is 80.6 cm³/mol. The molecule has 0 heterocycles. The van der Waals surface area contributed by atoms with Crippen LogP contribution in [0.4, 0.5) is 15.3 Å². The lowest BCUT2D eigenvalue weighted by Gasteiger charge is -2.17. The average molecular weight is 294 g/mol. The highest BCUT2D eigenvalue weighted by molar-refractivity contribution is 5.89. The molecule has 1 rings (SSSR count). The van der Waals surface area contributed by atoms with E-state index in [9.17, 15) is 9.59 Å². The number of anilines is 1. The first-order valence-corrected chi connectivity index (χ1v) is 7.03. The maximum Gasteiger partial charge on any atom is 0.513 e. The van der Waals surface area contributed by atoms with Crippen molar-refractivity contribution in [2.24, 2.45) is 0 Å². The largest absolute Gasteiger partial charge is 0.513 e. The van der Waals surface area contributed by atoms with Crippen LogP contribution in [-0.2, 0) is 4.74 Å².